The molecular weight excluding hydrogens is 364 g/mol. The quantitative estimate of drug-likeness (QED) is 0.749. The predicted octanol–water partition coefficient (Wildman–Crippen LogP) is 3.50. The van der Waals surface area contributed by atoms with E-state index in [2.05, 4.69) is 5.32 Å². The minimum Gasteiger partial charge on any atom is -0.492 e. The van der Waals surface area contributed by atoms with Crippen LogP contribution >= 0.6 is 0 Å². The number of hydrogen-bond acceptors (Lipinski definition) is 4. The first-order valence-electron chi connectivity index (χ1n) is 8.79. The van der Waals surface area contributed by atoms with Crippen molar-refractivity contribution in [3.05, 3.63) is 53.6 Å². The fourth-order valence-electron chi connectivity index (χ4n) is 2.71. The smallest absolute Gasteiger partial charge is 0.232 e. The molecule has 0 heterocycles. The van der Waals surface area contributed by atoms with Crippen LogP contribution in [-0.4, -0.2) is 33.7 Å². The Bertz CT molecular complexity index is 910. The van der Waals surface area contributed by atoms with Gasteiger partial charge in [-0.3, -0.25) is 9.10 Å². The Morgan fingerprint density at radius 1 is 1.11 bits per heavy atom. The average Bonchev–Trinajstić information content (AvgIpc) is 2.59. The lowest BCUT2D eigenvalue weighted by molar-refractivity contribution is -0.116. The van der Waals surface area contributed by atoms with Gasteiger partial charge in [-0.15, -0.1) is 0 Å². The lowest BCUT2D eigenvalue weighted by Crippen LogP contribution is -2.33. The van der Waals surface area contributed by atoms with Crippen LogP contribution in [0, 0.1) is 13.8 Å². The van der Waals surface area contributed by atoms with Crippen molar-refractivity contribution in [2.75, 3.05) is 29.0 Å². The van der Waals surface area contributed by atoms with E-state index < -0.39 is 10.0 Å². The molecule has 146 valence electrons. The topological polar surface area (TPSA) is 75.7 Å². The van der Waals surface area contributed by atoms with Gasteiger partial charge >= 0.3 is 0 Å². The van der Waals surface area contributed by atoms with Crippen LogP contribution in [0.15, 0.2) is 42.5 Å². The maximum Gasteiger partial charge on any atom is 0.232 e. The third-order valence-corrected chi connectivity index (χ3v) is 5.43. The SMILES string of the molecule is CCOc1ccccc1N(CCC(=O)Nc1cccc(C)c1C)S(C)(=O)=O. The summed E-state index contributed by atoms with van der Waals surface area (Å²) in [6.07, 6.45) is 1.15. The predicted molar refractivity (Wildman–Crippen MR) is 109 cm³/mol. The lowest BCUT2D eigenvalue weighted by Gasteiger charge is -2.24. The van der Waals surface area contributed by atoms with Crippen LogP contribution in [0.5, 0.6) is 5.75 Å². The Balaban J connectivity index is 2.16. The summed E-state index contributed by atoms with van der Waals surface area (Å²) in [5.41, 5.74) is 3.24. The largest absolute Gasteiger partial charge is 0.492 e. The molecule has 7 heteroatoms. The van der Waals surface area contributed by atoms with Crippen molar-refractivity contribution < 1.29 is 17.9 Å². The first-order valence-corrected chi connectivity index (χ1v) is 10.6. The molecule has 0 radical (unpaired) electrons. The molecular formula is C20H26N2O4S. The highest BCUT2D eigenvalue weighted by atomic mass is 32.2. The maximum absolute atomic E-state index is 12.4. The second-order valence-electron chi connectivity index (χ2n) is 6.28. The van der Waals surface area contributed by atoms with E-state index >= 15 is 0 Å². The number of aryl methyl sites for hydroxylation is 1. The number of ether oxygens (including phenoxy) is 1. The van der Waals surface area contributed by atoms with Gasteiger partial charge in [-0.2, -0.15) is 0 Å². The summed E-state index contributed by atoms with van der Waals surface area (Å²) in [6, 6.07) is 12.6. The molecule has 0 bridgehead atoms. The summed E-state index contributed by atoms with van der Waals surface area (Å²) in [5.74, 6) is 0.228. The van der Waals surface area contributed by atoms with E-state index in [1.807, 2.05) is 39.0 Å². The second-order valence-corrected chi connectivity index (χ2v) is 8.19. The molecule has 1 N–H and O–H groups in total. The summed E-state index contributed by atoms with van der Waals surface area (Å²) < 4.78 is 31.3. The van der Waals surface area contributed by atoms with Gasteiger partial charge in [0.25, 0.3) is 0 Å². The number of carbonyl (C=O) groups is 1. The van der Waals surface area contributed by atoms with Gasteiger partial charge in [-0.1, -0.05) is 24.3 Å². The normalized spacial score (nSPS) is 11.1. The van der Waals surface area contributed by atoms with Crippen LogP contribution in [-0.2, 0) is 14.8 Å². The maximum atomic E-state index is 12.4. The van der Waals surface area contributed by atoms with Gasteiger partial charge in [0.05, 0.1) is 18.6 Å². The molecule has 6 nitrogen and oxygen atoms in total. The van der Waals surface area contributed by atoms with Crippen LogP contribution in [0.1, 0.15) is 24.5 Å². The van der Waals surface area contributed by atoms with Gasteiger partial charge in [0, 0.05) is 18.7 Å². The standard InChI is InChI=1S/C20H26N2O4S/c1-5-26-19-12-7-6-11-18(19)22(27(4,24)25)14-13-20(23)21-17-10-8-9-15(2)16(17)3/h6-12H,5,13-14H2,1-4H3,(H,21,23). The molecule has 0 atom stereocenters. The molecule has 2 aromatic carbocycles. The number of amides is 1. The third kappa shape index (κ3) is 5.47. The number of hydrogen-bond donors (Lipinski definition) is 1. The molecule has 0 aliphatic rings. The monoisotopic (exact) mass is 390 g/mol. The highest BCUT2D eigenvalue weighted by molar-refractivity contribution is 7.92. The van der Waals surface area contributed by atoms with Gasteiger partial charge in [-0.25, -0.2) is 8.42 Å². The van der Waals surface area contributed by atoms with Crippen LogP contribution in [0.25, 0.3) is 0 Å². The molecule has 2 aromatic rings. The lowest BCUT2D eigenvalue weighted by atomic mass is 10.1. The fourth-order valence-corrected chi connectivity index (χ4v) is 3.64. The molecule has 0 saturated heterocycles. The number of rotatable bonds is 8. The van der Waals surface area contributed by atoms with E-state index in [1.165, 1.54) is 4.31 Å². The summed E-state index contributed by atoms with van der Waals surface area (Å²) in [7, 11) is -3.57. The Labute approximate surface area is 161 Å². The molecule has 0 spiro atoms. The summed E-state index contributed by atoms with van der Waals surface area (Å²) in [5, 5.41) is 2.86. The number of sulfonamides is 1. The Morgan fingerprint density at radius 3 is 2.48 bits per heavy atom. The van der Waals surface area contributed by atoms with Gasteiger partial charge in [-0.05, 0) is 50.1 Å². The Hall–Kier alpha value is -2.54. The van der Waals surface area contributed by atoms with Gasteiger partial charge in [0.15, 0.2) is 0 Å². The minimum absolute atomic E-state index is 0.0274. The molecule has 27 heavy (non-hydrogen) atoms. The number of anilines is 2. The average molecular weight is 391 g/mol. The molecule has 1 amide bonds. The molecule has 0 aliphatic carbocycles. The van der Waals surface area contributed by atoms with Crippen molar-refractivity contribution in [2.24, 2.45) is 0 Å². The number of nitrogens with zero attached hydrogens (tertiary/aromatic N) is 1. The van der Waals surface area contributed by atoms with Crippen LogP contribution in [0.2, 0.25) is 0 Å². The zero-order valence-corrected chi connectivity index (χ0v) is 17.0. The summed E-state index contributed by atoms with van der Waals surface area (Å²) in [6.45, 7) is 6.19. The molecule has 2 rings (SSSR count). The first-order chi connectivity index (χ1) is 12.7. The van der Waals surface area contributed by atoms with E-state index in [1.54, 1.807) is 24.3 Å². The zero-order valence-electron chi connectivity index (χ0n) is 16.2. The minimum atomic E-state index is -3.57. The van der Waals surface area contributed by atoms with Gasteiger partial charge < -0.3 is 10.1 Å². The molecule has 0 aromatic heterocycles. The van der Waals surface area contributed by atoms with Gasteiger partial charge in [0.2, 0.25) is 15.9 Å². The van der Waals surface area contributed by atoms with E-state index in [0.717, 1.165) is 23.1 Å². The van der Waals surface area contributed by atoms with Crippen molar-refractivity contribution in [3.63, 3.8) is 0 Å². The van der Waals surface area contributed by atoms with Crippen molar-refractivity contribution in [1.82, 2.24) is 0 Å². The Kier molecular flexibility index (Phi) is 6.85. The summed E-state index contributed by atoms with van der Waals surface area (Å²) in [4.78, 5) is 12.4. The van der Waals surface area contributed by atoms with E-state index in [-0.39, 0.29) is 18.9 Å². The molecule has 0 fully saturated rings. The Morgan fingerprint density at radius 2 is 1.81 bits per heavy atom. The highest BCUT2D eigenvalue weighted by Gasteiger charge is 2.22. The molecule has 0 aliphatic heterocycles. The van der Waals surface area contributed by atoms with E-state index in [0.29, 0.717) is 18.0 Å². The van der Waals surface area contributed by atoms with Crippen LogP contribution < -0.4 is 14.4 Å². The second kappa shape index (κ2) is 8.90. The molecule has 0 unspecified atom stereocenters. The van der Waals surface area contributed by atoms with Crippen molar-refractivity contribution in [1.29, 1.82) is 0 Å². The third-order valence-electron chi connectivity index (χ3n) is 4.25. The number of nitrogens with one attached hydrogen (secondary N) is 1. The van der Waals surface area contributed by atoms with Crippen LogP contribution in [0.3, 0.4) is 0 Å². The number of para-hydroxylation sites is 2. The van der Waals surface area contributed by atoms with Crippen molar-refractivity contribution in [3.8, 4) is 5.75 Å². The summed E-state index contributed by atoms with van der Waals surface area (Å²) >= 11 is 0. The van der Waals surface area contributed by atoms with Crippen molar-refractivity contribution in [2.45, 2.75) is 27.2 Å². The number of benzene rings is 2. The van der Waals surface area contributed by atoms with E-state index in [9.17, 15) is 13.2 Å². The van der Waals surface area contributed by atoms with Crippen molar-refractivity contribution >= 4 is 27.3 Å². The fraction of sp³-hybridized carbons (Fsp3) is 0.350. The number of carbonyl (C=O) groups excluding carboxylic acids is 1. The van der Waals surface area contributed by atoms with Crippen LogP contribution in [0.4, 0.5) is 11.4 Å². The van der Waals surface area contributed by atoms with Gasteiger partial charge in [0.1, 0.15) is 5.75 Å². The highest BCUT2D eigenvalue weighted by Crippen LogP contribution is 2.30. The van der Waals surface area contributed by atoms with E-state index in [4.69, 9.17) is 4.74 Å². The zero-order chi connectivity index (χ0) is 20.0. The molecule has 0 saturated carbocycles. The first kappa shape index (κ1) is 20.8.